The molecule has 0 fully saturated rings. The van der Waals surface area contributed by atoms with Crippen LogP contribution in [0.25, 0.3) is 0 Å². The van der Waals surface area contributed by atoms with Crippen molar-refractivity contribution in [3.8, 4) is 5.75 Å². The molecule has 0 radical (unpaired) electrons. The van der Waals surface area contributed by atoms with Crippen LogP contribution in [-0.4, -0.2) is 31.0 Å². The van der Waals surface area contributed by atoms with Crippen LogP contribution in [0.4, 0.5) is 0 Å². The predicted molar refractivity (Wildman–Crippen MR) is 108 cm³/mol. The van der Waals surface area contributed by atoms with E-state index in [2.05, 4.69) is 40.3 Å². The van der Waals surface area contributed by atoms with Crippen LogP contribution in [0.5, 0.6) is 5.75 Å². The van der Waals surface area contributed by atoms with Gasteiger partial charge in [-0.25, -0.2) is 0 Å². The second kappa shape index (κ2) is 9.74. The lowest BCUT2D eigenvalue weighted by molar-refractivity contribution is -0.719. The molecule has 0 unspecified atom stereocenters. The smallest absolute Gasteiger partial charge is 0.285 e. The molecule has 0 saturated heterocycles. The lowest BCUT2D eigenvalue weighted by atomic mass is 10.0. The first kappa shape index (κ1) is 20.5. The molecular formula is C21H28BrN2O2+. The van der Waals surface area contributed by atoms with Gasteiger partial charge in [-0.15, -0.1) is 0 Å². The van der Waals surface area contributed by atoms with E-state index in [0.29, 0.717) is 0 Å². The van der Waals surface area contributed by atoms with E-state index in [-0.39, 0.29) is 18.0 Å². The van der Waals surface area contributed by atoms with Crippen molar-refractivity contribution in [2.24, 2.45) is 0 Å². The van der Waals surface area contributed by atoms with E-state index in [9.17, 15) is 4.79 Å². The number of ether oxygens (including phenoxy) is 1. The Kier molecular flexibility index (Phi) is 7.66. The van der Waals surface area contributed by atoms with Crippen LogP contribution >= 0.6 is 15.9 Å². The van der Waals surface area contributed by atoms with E-state index in [1.54, 1.807) is 7.11 Å². The number of halogens is 1. The molecule has 0 aromatic heterocycles. The third kappa shape index (κ3) is 4.86. The fraction of sp³-hybridized carbons (Fsp3) is 0.381. The van der Waals surface area contributed by atoms with Gasteiger partial charge < -0.3 is 15.0 Å². The first-order valence-electron chi connectivity index (χ1n) is 9.03. The van der Waals surface area contributed by atoms with Crippen molar-refractivity contribution in [3.05, 3.63) is 64.1 Å². The molecule has 2 atom stereocenters. The maximum absolute atomic E-state index is 13.1. The number of benzene rings is 2. The standard InChI is InChI=1S/C21H27BrN2O2/c1-5-24(6-2)21(25)20(16-10-8-7-9-11-16)23-15(3)17-12-13-19(26-4)18(22)14-17/h7-15,20,23H,5-6H2,1-4H3/p+1/t15-,20+/m0/s1. The summed E-state index contributed by atoms with van der Waals surface area (Å²) < 4.78 is 6.23. The van der Waals surface area contributed by atoms with E-state index in [4.69, 9.17) is 4.74 Å². The van der Waals surface area contributed by atoms with Gasteiger partial charge in [0, 0.05) is 24.2 Å². The normalized spacial score (nSPS) is 13.1. The highest BCUT2D eigenvalue weighted by Crippen LogP contribution is 2.27. The molecule has 2 aromatic carbocycles. The van der Waals surface area contributed by atoms with Crippen LogP contribution in [0.3, 0.4) is 0 Å². The number of quaternary nitrogens is 1. The predicted octanol–water partition coefficient (Wildman–Crippen LogP) is 3.69. The lowest BCUT2D eigenvalue weighted by Gasteiger charge is -2.26. The van der Waals surface area contributed by atoms with E-state index in [0.717, 1.165) is 34.4 Å². The van der Waals surface area contributed by atoms with E-state index >= 15 is 0 Å². The minimum Gasteiger partial charge on any atom is -0.496 e. The summed E-state index contributed by atoms with van der Waals surface area (Å²) in [5.74, 6) is 0.959. The number of rotatable bonds is 8. The number of likely N-dealkylation sites (N-methyl/N-ethyl adjacent to an activating group) is 1. The third-order valence-electron chi connectivity index (χ3n) is 4.68. The summed E-state index contributed by atoms with van der Waals surface area (Å²) in [7, 11) is 1.66. The van der Waals surface area contributed by atoms with Gasteiger partial charge in [-0.1, -0.05) is 30.3 Å². The maximum Gasteiger partial charge on any atom is 0.285 e. The molecule has 0 saturated carbocycles. The van der Waals surface area contributed by atoms with Crippen LogP contribution in [-0.2, 0) is 4.79 Å². The Morgan fingerprint density at radius 1 is 1.12 bits per heavy atom. The number of carbonyl (C=O) groups excluding carboxylic acids is 1. The van der Waals surface area contributed by atoms with Crippen molar-refractivity contribution in [2.75, 3.05) is 20.2 Å². The van der Waals surface area contributed by atoms with Gasteiger partial charge in [-0.3, -0.25) is 4.79 Å². The zero-order chi connectivity index (χ0) is 19.1. The molecule has 0 bridgehead atoms. The molecule has 0 spiro atoms. The van der Waals surface area contributed by atoms with Crippen molar-refractivity contribution in [1.29, 1.82) is 0 Å². The van der Waals surface area contributed by atoms with Crippen molar-refractivity contribution in [2.45, 2.75) is 32.9 Å². The summed E-state index contributed by atoms with van der Waals surface area (Å²) in [5, 5.41) is 2.14. The maximum atomic E-state index is 13.1. The number of amides is 1. The van der Waals surface area contributed by atoms with Gasteiger partial charge in [-0.05, 0) is 54.9 Å². The molecular weight excluding hydrogens is 392 g/mol. The van der Waals surface area contributed by atoms with Crippen LogP contribution in [0, 0.1) is 0 Å². The zero-order valence-corrected chi connectivity index (χ0v) is 17.5. The number of hydrogen-bond acceptors (Lipinski definition) is 2. The highest BCUT2D eigenvalue weighted by atomic mass is 79.9. The number of carbonyl (C=O) groups is 1. The van der Waals surface area contributed by atoms with Crippen LogP contribution < -0.4 is 10.1 Å². The molecule has 2 N–H and O–H groups in total. The van der Waals surface area contributed by atoms with Gasteiger partial charge >= 0.3 is 0 Å². The Morgan fingerprint density at radius 2 is 1.77 bits per heavy atom. The quantitative estimate of drug-likeness (QED) is 0.708. The molecule has 0 aliphatic rings. The highest BCUT2D eigenvalue weighted by Gasteiger charge is 2.30. The van der Waals surface area contributed by atoms with Gasteiger partial charge in [0.05, 0.1) is 11.6 Å². The molecule has 26 heavy (non-hydrogen) atoms. The molecule has 2 rings (SSSR count). The highest BCUT2D eigenvalue weighted by molar-refractivity contribution is 9.10. The first-order valence-corrected chi connectivity index (χ1v) is 9.83. The number of methoxy groups -OCH3 is 1. The zero-order valence-electron chi connectivity index (χ0n) is 15.9. The Labute approximate surface area is 164 Å². The summed E-state index contributed by atoms with van der Waals surface area (Å²) in [4.78, 5) is 15.0. The van der Waals surface area contributed by atoms with Crippen LogP contribution in [0.2, 0.25) is 0 Å². The van der Waals surface area contributed by atoms with Crippen molar-refractivity contribution in [1.82, 2.24) is 4.90 Å². The Morgan fingerprint density at radius 3 is 2.31 bits per heavy atom. The summed E-state index contributed by atoms with van der Waals surface area (Å²) in [6.45, 7) is 7.60. The minimum absolute atomic E-state index is 0.127. The number of hydrogen-bond donors (Lipinski definition) is 1. The summed E-state index contributed by atoms with van der Waals surface area (Å²) >= 11 is 3.55. The average Bonchev–Trinajstić information content (AvgIpc) is 2.67. The Balaban J connectivity index is 2.28. The van der Waals surface area contributed by atoms with Crippen LogP contribution in [0.15, 0.2) is 53.0 Å². The molecule has 0 heterocycles. The Hall–Kier alpha value is -1.85. The summed E-state index contributed by atoms with van der Waals surface area (Å²) in [5.41, 5.74) is 2.18. The molecule has 2 aromatic rings. The number of nitrogens with two attached hydrogens (primary N) is 1. The Bertz CT molecular complexity index is 717. The van der Waals surface area contributed by atoms with Gasteiger partial charge in [-0.2, -0.15) is 0 Å². The van der Waals surface area contributed by atoms with Crippen molar-refractivity contribution in [3.63, 3.8) is 0 Å². The SMILES string of the molecule is CCN(CC)C(=O)[C@H]([NH2+][C@@H](C)c1ccc(OC)c(Br)c1)c1ccccc1. The topological polar surface area (TPSA) is 46.2 Å². The van der Waals surface area contributed by atoms with E-state index in [1.807, 2.05) is 55.1 Å². The third-order valence-corrected chi connectivity index (χ3v) is 5.30. The minimum atomic E-state index is -0.257. The second-order valence-corrected chi connectivity index (χ2v) is 7.13. The van der Waals surface area contributed by atoms with E-state index < -0.39 is 0 Å². The lowest BCUT2D eigenvalue weighted by Crippen LogP contribution is -2.88. The molecule has 0 aliphatic heterocycles. The largest absolute Gasteiger partial charge is 0.496 e. The van der Waals surface area contributed by atoms with Crippen LogP contribution in [0.1, 0.15) is 44.0 Å². The average molecular weight is 420 g/mol. The monoisotopic (exact) mass is 419 g/mol. The fourth-order valence-corrected chi connectivity index (χ4v) is 3.65. The second-order valence-electron chi connectivity index (χ2n) is 6.27. The van der Waals surface area contributed by atoms with Gasteiger partial charge in [0.15, 0.2) is 6.04 Å². The van der Waals surface area contributed by atoms with Gasteiger partial charge in [0.2, 0.25) is 0 Å². The summed E-state index contributed by atoms with van der Waals surface area (Å²) in [6.07, 6.45) is 0. The first-order chi connectivity index (χ1) is 12.5. The molecule has 1 amide bonds. The van der Waals surface area contributed by atoms with Gasteiger partial charge in [0.25, 0.3) is 5.91 Å². The summed E-state index contributed by atoms with van der Waals surface area (Å²) in [6, 6.07) is 15.9. The molecule has 5 heteroatoms. The fourth-order valence-electron chi connectivity index (χ4n) is 3.09. The molecule has 0 aliphatic carbocycles. The molecule has 140 valence electrons. The number of nitrogens with zero attached hydrogens (tertiary/aromatic N) is 1. The van der Waals surface area contributed by atoms with Gasteiger partial charge in [0.1, 0.15) is 11.8 Å². The van der Waals surface area contributed by atoms with E-state index in [1.165, 1.54) is 0 Å². The van der Waals surface area contributed by atoms with Crippen molar-refractivity contribution >= 4 is 21.8 Å². The van der Waals surface area contributed by atoms with Crippen molar-refractivity contribution < 1.29 is 14.8 Å². The molecule has 4 nitrogen and oxygen atoms in total.